The van der Waals surface area contributed by atoms with Crippen molar-refractivity contribution >= 4 is 22.9 Å². The van der Waals surface area contributed by atoms with Crippen molar-refractivity contribution in [2.45, 2.75) is 6.61 Å². The molecule has 3 heterocycles. The maximum Gasteiger partial charge on any atom is 0.253 e. The maximum atomic E-state index is 12.0. The molecule has 1 aromatic carbocycles. The number of aromatic nitrogens is 2. The van der Waals surface area contributed by atoms with Gasteiger partial charge < -0.3 is 14.4 Å². The summed E-state index contributed by atoms with van der Waals surface area (Å²) in [6, 6.07) is 13.5. The first kappa shape index (κ1) is 17.5. The van der Waals surface area contributed by atoms with E-state index in [1.165, 1.54) is 0 Å². The lowest BCUT2D eigenvalue weighted by Crippen LogP contribution is -2.21. The predicted octanol–water partition coefficient (Wildman–Crippen LogP) is 3.92. The lowest BCUT2D eigenvalue weighted by molar-refractivity contribution is 0.0827. The number of fused-ring (bicyclic) bond motifs is 1. The van der Waals surface area contributed by atoms with Gasteiger partial charge in [-0.15, -0.1) is 11.3 Å². The maximum absolute atomic E-state index is 12.0. The summed E-state index contributed by atoms with van der Waals surface area (Å²) in [5.41, 5.74) is 5.51. The topological polar surface area (TPSA) is 57.8 Å². The van der Waals surface area contributed by atoms with Gasteiger partial charge in [-0.2, -0.15) is 0 Å². The first-order chi connectivity index (χ1) is 13.0. The normalized spacial score (nSPS) is 11.1. The van der Waals surface area contributed by atoms with E-state index in [2.05, 4.69) is 4.98 Å². The molecule has 5 nitrogen and oxygen atoms in total. The molecular formula is C21H19N3O2S. The average Bonchev–Trinajstić information content (AvgIpc) is 3.33. The minimum absolute atomic E-state index is 0.0146. The first-order valence-corrected chi connectivity index (χ1v) is 9.42. The van der Waals surface area contributed by atoms with Crippen LogP contribution in [0.5, 0.6) is 0 Å². The summed E-state index contributed by atoms with van der Waals surface area (Å²) in [4.78, 5) is 19.2. The van der Waals surface area contributed by atoms with Gasteiger partial charge in [-0.25, -0.2) is 4.98 Å². The van der Waals surface area contributed by atoms with Crippen LogP contribution >= 0.6 is 11.3 Å². The molecule has 1 amide bonds. The third-order valence-electron chi connectivity index (χ3n) is 4.43. The Morgan fingerprint density at radius 2 is 1.81 bits per heavy atom. The molecule has 0 saturated carbocycles. The Morgan fingerprint density at radius 3 is 2.48 bits per heavy atom. The second kappa shape index (κ2) is 6.98. The van der Waals surface area contributed by atoms with Gasteiger partial charge in [0.05, 0.1) is 12.3 Å². The molecule has 0 aliphatic carbocycles. The van der Waals surface area contributed by atoms with Crippen LogP contribution in [0.3, 0.4) is 0 Å². The Morgan fingerprint density at radius 1 is 1.07 bits per heavy atom. The lowest BCUT2D eigenvalue weighted by Gasteiger charge is -2.10. The van der Waals surface area contributed by atoms with Crippen molar-refractivity contribution in [1.29, 1.82) is 0 Å². The fourth-order valence-corrected chi connectivity index (χ4v) is 3.71. The summed E-state index contributed by atoms with van der Waals surface area (Å²) in [5.74, 6) is -0.0146. The number of aliphatic hydroxyl groups is 1. The van der Waals surface area contributed by atoms with Gasteiger partial charge in [-0.3, -0.25) is 4.79 Å². The third kappa shape index (κ3) is 3.37. The summed E-state index contributed by atoms with van der Waals surface area (Å²) in [5, 5.41) is 11.3. The fraction of sp³-hybridized carbons (Fsp3) is 0.143. The highest BCUT2D eigenvalue weighted by Crippen LogP contribution is 2.27. The quantitative estimate of drug-likeness (QED) is 0.586. The van der Waals surface area contributed by atoms with Crippen molar-refractivity contribution in [1.82, 2.24) is 14.3 Å². The van der Waals surface area contributed by atoms with Gasteiger partial charge in [0.2, 0.25) is 0 Å². The molecule has 4 rings (SSSR count). The number of pyridine rings is 1. The monoisotopic (exact) mass is 377 g/mol. The summed E-state index contributed by atoms with van der Waals surface area (Å²) < 4.78 is 2.00. The van der Waals surface area contributed by atoms with E-state index in [4.69, 9.17) is 0 Å². The molecule has 27 heavy (non-hydrogen) atoms. The molecule has 0 spiro atoms. The molecule has 0 aliphatic heterocycles. The Bertz CT molecular complexity index is 1110. The number of amides is 1. The molecule has 6 heteroatoms. The summed E-state index contributed by atoms with van der Waals surface area (Å²) >= 11 is 1.55. The molecule has 4 aromatic rings. The highest BCUT2D eigenvalue weighted by Gasteiger charge is 2.10. The molecule has 1 N–H and O–H groups in total. The number of thiophene rings is 1. The van der Waals surface area contributed by atoms with E-state index >= 15 is 0 Å². The number of imidazole rings is 1. The van der Waals surface area contributed by atoms with Crippen molar-refractivity contribution in [2.75, 3.05) is 14.1 Å². The van der Waals surface area contributed by atoms with Crippen LogP contribution in [-0.4, -0.2) is 39.4 Å². The van der Waals surface area contributed by atoms with Crippen LogP contribution in [0.1, 0.15) is 15.2 Å². The van der Waals surface area contributed by atoms with E-state index < -0.39 is 0 Å². The number of aliphatic hydroxyl groups excluding tert-OH is 1. The summed E-state index contributed by atoms with van der Waals surface area (Å²) in [7, 11) is 3.49. The molecule has 136 valence electrons. The molecule has 0 atom stereocenters. The van der Waals surface area contributed by atoms with E-state index in [1.54, 1.807) is 30.3 Å². The number of hydrogen-bond donors (Lipinski definition) is 1. The van der Waals surface area contributed by atoms with Gasteiger partial charge in [0, 0.05) is 42.5 Å². The zero-order chi connectivity index (χ0) is 19.0. The Kier molecular flexibility index (Phi) is 4.51. The molecule has 3 aromatic heterocycles. The Balaban J connectivity index is 1.66. The third-order valence-corrected chi connectivity index (χ3v) is 5.35. The van der Waals surface area contributed by atoms with Crippen LogP contribution in [0, 0.1) is 0 Å². The van der Waals surface area contributed by atoms with Gasteiger partial charge in [0.25, 0.3) is 5.91 Å². The molecule has 0 saturated heterocycles. The molecule has 0 bridgehead atoms. The van der Waals surface area contributed by atoms with Crippen LogP contribution in [0.2, 0.25) is 0 Å². The van der Waals surface area contributed by atoms with E-state index in [-0.39, 0.29) is 12.5 Å². The smallest absolute Gasteiger partial charge is 0.253 e. The number of carbonyl (C=O) groups excluding carboxylic acids is 1. The van der Waals surface area contributed by atoms with E-state index in [0.29, 0.717) is 5.56 Å². The second-order valence-corrected chi connectivity index (χ2v) is 7.54. The number of hydrogen-bond acceptors (Lipinski definition) is 4. The largest absolute Gasteiger partial charge is 0.391 e. The minimum Gasteiger partial charge on any atom is -0.391 e. The zero-order valence-electron chi connectivity index (χ0n) is 15.1. The summed E-state index contributed by atoms with van der Waals surface area (Å²) in [6.07, 6.45) is 4.03. The van der Waals surface area contributed by atoms with Crippen molar-refractivity contribution in [3.05, 3.63) is 70.7 Å². The molecule has 0 radical (unpaired) electrons. The molecule has 0 unspecified atom stereocenters. The summed E-state index contributed by atoms with van der Waals surface area (Å²) in [6.45, 7) is 0.0639. The van der Waals surface area contributed by atoms with Crippen LogP contribution < -0.4 is 0 Å². The number of nitrogens with zero attached hydrogens (tertiary/aromatic N) is 3. The van der Waals surface area contributed by atoms with Crippen LogP contribution in [-0.2, 0) is 6.61 Å². The minimum atomic E-state index is -0.0146. The van der Waals surface area contributed by atoms with Crippen molar-refractivity contribution in [3.63, 3.8) is 0 Å². The molecular weight excluding hydrogens is 358 g/mol. The number of rotatable bonds is 4. The van der Waals surface area contributed by atoms with E-state index in [1.807, 2.05) is 64.6 Å². The van der Waals surface area contributed by atoms with Crippen molar-refractivity contribution in [3.8, 4) is 22.4 Å². The number of carbonyl (C=O) groups is 1. The molecule has 0 aliphatic rings. The first-order valence-electron chi connectivity index (χ1n) is 8.54. The standard InChI is InChI=1S/C21H19N3O2S/c1-23(2)21(26)15-5-3-14(4-6-15)19-11-24-10-16(7-8-20(24)22-19)17-9-18(12-25)27-13-17/h3-11,13,25H,12H2,1-2H3. The zero-order valence-corrected chi connectivity index (χ0v) is 15.9. The highest BCUT2D eigenvalue weighted by atomic mass is 32.1. The average molecular weight is 377 g/mol. The van der Waals surface area contributed by atoms with Gasteiger partial charge in [-0.1, -0.05) is 12.1 Å². The van der Waals surface area contributed by atoms with E-state index in [9.17, 15) is 9.90 Å². The van der Waals surface area contributed by atoms with Crippen LogP contribution in [0.25, 0.3) is 28.0 Å². The van der Waals surface area contributed by atoms with Gasteiger partial charge in [0.15, 0.2) is 0 Å². The Hall–Kier alpha value is -2.96. The molecule has 0 fully saturated rings. The SMILES string of the molecule is CN(C)C(=O)c1ccc(-c2cn3cc(-c4csc(CO)c4)ccc3n2)cc1. The van der Waals surface area contributed by atoms with Gasteiger partial charge in [0.1, 0.15) is 5.65 Å². The lowest BCUT2D eigenvalue weighted by atomic mass is 10.1. The van der Waals surface area contributed by atoms with Gasteiger partial charge in [-0.05, 0) is 46.8 Å². The predicted molar refractivity (Wildman–Crippen MR) is 108 cm³/mol. The number of benzene rings is 1. The van der Waals surface area contributed by atoms with E-state index in [0.717, 1.165) is 32.9 Å². The van der Waals surface area contributed by atoms with Crippen LogP contribution in [0.4, 0.5) is 0 Å². The van der Waals surface area contributed by atoms with Crippen molar-refractivity contribution in [2.24, 2.45) is 0 Å². The van der Waals surface area contributed by atoms with Crippen LogP contribution in [0.15, 0.2) is 60.2 Å². The Labute approximate surface area is 161 Å². The van der Waals surface area contributed by atoms with Crippen molar-refractivity contribution < 1.29 is 9.90 Å². The second-order valence-electron chi connectivity index (χ2n) is 6.55. The van der Waals surface area contributed by atoms with Gasteiger partial charge >= 0.3 is 0 Å². The fourth-order valence-electron chi connectivity index (χ4n) is 2.96. The highest BCUT2D eigenvalue weighted by molar-refractivity contribution is 7.10.